The zero-order valence-electron chi connectivity index (χ0n) is 9.77. The Morgan fingerprint density at radius 3 is 2.42 bits per heavy atom. The molecule has 3 nitrogen and oxygen atoms in total. The van der Waals surface area contributed by atoms with Crippen LogP contribution in [0.2, 0.25) is 10.0 Å². The summed E-state index contributed by atoms with van der Waals surface area (Å²) in [6.07, 6.45) is 0. The molecular weight excluding hydrogens is 281 g/mol. The second-order valence-corrected chi connectivity index (χ2v) is 4.95. The lowest BCUT2D eigenvalue weighted by Crippen LogP contribution is -1.97. The monoisotopic (exact) mass is 289 g/mol. The van der Waals surface area contributed by atoms with Crippen molar-refractivity contribution in [2.45, 2.75) is 0 Å². The predicted octanol–water partition coefficient (Wildman–Crippen LogP) is 4.19. The Morgan fingerprint density at radius 1 is 0.895 bits per heavy atom. The molecule has 1 aromatic heterocycles. The number of fused-ring (bicyclic) bond motifs is 1. The number of rotatable bonds is 1. The summed E-state index contributed by atoms with van der Waals surface area (Å²) in [5.74, 6) is 0.400. The fourth-order valence-electron chi connectivity index (χ4n) is 2.00. The molecule has 0 aliphatic heterocycles. The average molecular weight is 290 g/mol. The standard InChI is InChI=1S/C14H9Cl2N3/c15-8-5-6-12(16)11(7-8)13-9-3-1-2-4-10(9)14(17)19-18-13/h1-7H,(H2,17,19). The van der Waals surface area contributed by atoms with Crippen molar-refractivity contribution in [3.63, 3.8) is 0 Å². The number of anilines is 1. The van der Waals surface area contributed by atoms with Crippen molar-refractivity contribution in [3.05, 3.63) is 52.5 Å². The summed E-state index contributed by atoms with van der Waals surface area (Å²) in [6.45, 7) is 0. The maximum absolute atomic E-state index is 6.21. The first-order valence-electron chi connectivity index (χ1n) is 5.63. The molecule has 2 aromatic carbocycles. The van der Waals surface area contributed by atoms with Crippen molar-refractivity contribution in [2.75, 3.05) is 5.73 Å². The topological polar surface area (TPSA) is 51.8 Å². The average Bonchev–Trinajstić information content (AvgIpc) is 2.43. The highest BCUT2D eigenvalue weighted by Gasteiger charge is 2.12. The minimum atomic E-state index is 0.400. The van der Waals surface area contributed by atoms with Gasteiger partial charge < -0.3 is 5.73 Å². The van der Waals surface area contributed by atoms with Gasteiger partial charge in [-0.2, -0.15) is 0 Å². The van der Waals surface area contributed by atoms with Crippen molar-refractivity contribution >= 4 is 39.8 Å². The van der Waals surface area contributed by atoms with Crippen LogP contribution in [-0.4, -0.2) is 10.2 Å². The summed E-state index contributed by atoms with van der Waals surface area (Å²) >= 11 is 12.2. The molecule has 0 spiro atoms. The number of hydrogen-bond donors (Lipinski definition) is 1. The number of nitrogen functional groups attached to an aromatic ring is 1. The molecule has 0 unspecified atom stereocenters. The lowest BCUT2D eigenvalue weighted by Gasteiger charge is -2.08. The summed E-state index contributed by atoms with van der Waals surface area (Å²) in [5, 5.41) is 11.1. The van der Waals surface area contributed by atoms with Gasteiger partial charge in [0.1, 0.15) is 5.69 Å². The van der Waals surface area contributed by atoms with E-state index in [1.165, 1.54) is 0 Å². The van der Waals surface area contributed by atoms with Gasteiger partial charge in [-0.25, -0.2) is 0 Å². The summed E-state index contributed by atoms with van der Waals surface area (Å²) < 4.78 is 0. The third kappa shape index (κ3) is 2.11. The van der Waals surface area contributed by atoms with Crippen LogP contribution in [-0.2, 0) is 0 Å². The number of nitrogens with zero attached hydrogens (tertiary/aromatic N) is 2. The Hall–Kier alpha value is -1.84. The number of hydrogen-bond acceptors (Lipinski definition) is 3. The third-order valence-corrected chi connectivity index (χ3v) is 3.46. The van der Waals surface area contributed by atoms with Crippen LogP contribution >= 0.6 is 23.2 Å². The minimum Gasteiger partial charge on any atom is -0.382 e. The van der Waals surface area contributed by atoms with Crippen molar-refractivity contribution in [1.29, 1.82) is 0 Å². The summed E-state index contributed by atoms with van der Waals surface area (Å²) in [5.41, 5.74) is 7.26. The Labute approximate surface area is 120 Å². The van der Waals surface area contributed by atoms with Crippen LogP contribution in [0.15, 0.2) is 42.5 Å². The van der Waals surface area contributed by atoms with Crippen molar-refractivity contribution in [1.82, 2.24) is 10.2 Å². The molecule has 0 aliphatic carbocycles. The van der Waals surface area contributed by atoms with E-state index < -0.39 is 0 Å². The van der Waals surface area contributed by atoms with Crippen LogP contribution in [0, 0.1) is 0 Å². The van der Waals surface area contributed by atoms with Gasteiger partial charge in [0.25, 0.3) is 0 Å². The zero-order valence-corrected chi connectivity index (χ0v) is 11.3. The maximum Gasteiger partial charge on any atom is 0.154 e. The summed E-state index contributed by atoms with van der Waals surface area (Å²) in [4.78, 5) is 0. The fourth-order valence-corrected chi connectivity index (χ4v) is 2.38. The lowest BCUT2D eigenvalue weighted by atomic mass is 10.0. The van der Waals surface area contributed by atoms with Gasteiger partial charge in [-0.3, -0.25) is 0 Å². The predicted molar refractivity (Wildman–Crippen MR) is 79.4 cm³/mol. The Balaban J connectivity index is 2.37. The molecule has 0 amide bonds. The number of aromatic nitrogens is 2. The van der Waals surface area contributed by atoms with Gasteiger partial charge in [0.2, 0.25) is 0 Å². The Morgan fingerprint density at radius 2 is 1.63 bits per heavy atom. The zero-order chi connectivity index (χ0) is 13.4. The van der Waals surface area contributed by atoms with Crippen molar-refractivity contribution in [3.8, 4) is 11.3 Å². The van der Waals surface area contributed by atoms with E-state index in [-0.39, 0.29) is 0 Å². The summed E-state index contributed by atoms with van der Waals surface area (Å²) in [7, 11) is 0. The molecule has 94 valence electrons. The van der Waals surface area contributed by atoms with Crippen LogP contribution < -0.4 is 5.73 Å². The van der Waals surface area contributed by atoms with Gasteiger partial charge in [0.05, 0.1) is 5.02 Å². The molecular formula is C14H9Cl2N3. The highest BCUT2D eigenvalue weighted by atomic mass is 35.5. The first-order chi connectivity index (χ1) is 9.16. The highest BCUT2D eigenvalue weighted by molar-refractivity contribution is 6.35. The van der Waals surface area contributed by atoms with E-state index in [1.54, 1.807) is 18.2 Å². The van der Waals surface area contributed by atoms with Crippen LogP contribution in [0.1, 0.15) is 0 Å². The molecule has 0 atom stereocenters. The van der Waals surface area contributed by atoms with Gasteiger partial charge in [0, 0.05) is 21.4 Å². The van der Waals surface area contributed by atoms with Gasteiger partial charge >= 0.3 is 0 Å². The molecule has 3 aromatic rings. The van der Waals surface area contributed by atoms with Crippen LogP contribution in [0.3, 0.4) is 0 Å². The molecule has 3 rings (SSSR count). The molecule has 1 heterocycles. The van der Waals surface area contributed by atoms with Crippen LogP contribution in [0.25, 0.3) is 22.0 Å². The lowest BCUT2D eigenvalue weighted by molar-refractivity contribution is 1.07. The second-order valence-electron chi connectivity index (χ2n) is 4.10. The molecule has 0 bridgehead atoms. The van der Waals surface area contributed by atoms with Gasteiger partial charge in [-0.15, -0.1) is 10.2 Å². The minimum absolute atomic E-state index is 0.400. The first kappa shape index (κ1) is 12.2. The summed E-state index contributed by atoms with van der Waals surface area (Å²) in [6, 6.07) is 12.9. The molecule has 2 N–H and O–H groups in total. The SMILES string of the molecule is Nc1nnc(-c2cc(Cl)ccc2Cl)c2ccccc12. The van der Waals surface area contributed by atoms with Gasteiger partial charge in [0.15, 0.2) is 5.82 Å². The molecule has 0 radical (unpaired) electrons. The molecule has 0 saturated carbocycles. The first-order valence-corrected chi connectivity index (χ1v) is 6.39. The Bertz CT molecular complexity index is 772. The van der Waals surface area contributed by atoms with Gasteiger partial charge in [-0.1, -0.05) is 47.5 Å². The Kier molecular flexibility index (Phi) is 3.01. The molecule has 0 aliphatic rings. The van der Waals surface area contributed by atoms with Crippen molar-refractivity contribution < 1.29 is 0 Å². The molecule has 0 saturated heterocycles. The second kappa shape index (κ2) is 4.68. The van der Waals surface area contributed by atoms with E-state index in [1.807, 2.05) is 24.3 Å². The number of nitrogens with two attached hydrogens (primary N) is 1. The van der Waals surface area contributed by atoms with Crippen LogP contribution in [0.5, 0.6) is 0 Å². The van der Waals surface area contributed by atoms with E-state index in [9.17, 15) is 0 Å². The third-order valence-electron chi connectivity index (χ3n) is 2.90. The van der Waals surface area contributed by atoms with Gasteiger partial charge in [-0.05, 0) is 18.2 Å². The highest BCUT2D eigenvalue weighted by Crippen LogP contribution is 2.34. The van der Waals surface area contributed by atoms with E-state index in [0.717, 1.165) is 16.3 Å². The van der Waals surface area contributed by atoms with E-state index >= 15 is 0 Å². The fraction of sp³-hybridized carbons (Fsp3) is 0. The number of benzene rings is 2. The largest absolute Gasteiger partial charge is 0.382 e. The maximum atomic E-state index is 6.21. The van der Waals surface area contributed by atoms with Crippen LogP contribution in [0.4, 0.5) is 5.82 Å². The van der Waals surface area contributed by atoms with E-state index in [2.05, 4.69) is 10.2 Å². The molecule has 0 fully saturated rings. The quantitative estimate of drug-likeness (QED) is 0.731. The van der Waals surface area contributed by atoms with Crippen molar-refractivity contribution in [2.24, 2.45) is 0 Å². The van der Waals surface area contributed by atoms with E-state index in [4.69, 9.17) is 28.9 Å². The molecule has 5 heteroatoms. The van der Waals surface area contributed by atoms with E-state index in [0.29, 0.717) is 21.6 Å². The number of halogens is 2. The molecule has 19 heavy (non-hydrogen) atoms. The smallest absolute Gasteiger partial charge is 0.154 e. The normalized spacial score (nSPS) is 10.8.